The van der Waals surface area contributed by atoms with Gasteiger partial charge in [0.1, 0.15) is 5.75 Å². The number of hydrogen-bond acceptors (Lipinski definition) is 3. The minimum absolute atomic E-state index is 0.0215. The molecule has 0 saturated heterocycles. The number of rotatable bonds is 4. The second kappa shape index (κ2) is 5.16. The molecule has 0 aliphatic carbocycles. The predicted octanol–water partition coefficient (Wildman–Crippen LogP) is 3.96. The smallest absolute Gasteiger partial charge is 0.387 e. The summed E-state index contributed by atoms with van der Waals surface area (Å²) in [7, 11) is 0. The zero-order chi connectivity index (χ0) is 13.9. The average Bonchev–Trinajstić information content (AvgIpc) is 2.86. The number of pyridine rings is 1. The van der Waals surface area contributed by atoms with Crippen LogP contribution < -0.4 is 9.47 Å². The summed E-state index contributed by atoms with van der Waals surface area (Å²) in [5, 5.41) is 0.843. The number of fused-ring (bicyclic) bond motifs is 1. The Morgan fingerprint density at radius 1 is 1.05 bits per heavy atom. The van der Waals surface area contributed by atoms with E-state index in [9.17, 15) is 8.78 Å². The molecule has 0 aliphatic rings. The minimum atomic E-state index is -2.91. The van der Waals surface area contributed by atoms with E-state index in [2.05, 4.69) is 14.7 Å². The average molecular weight is 276 g/mol. The number of H-pyrrole nitrogens is 1. The van der Waals surface area contributed by atoms with E-state index in [-0.39, 0.29) is 11.5 Å². The Labute approximate surface area is 113 Å². The van der Waals surface area contributed by atoms with Gasteiger partial charge in [0.05, 0.1) is 0 Å². The van der Waals surface area contributed by atoms with Crippen LogP contribution in [-0.4, -0.2) is 16.6 Å². The number of nitrogens with zero attached hydrogens (tertiary/aromatic N) is 1. The van der Waals surface area contributed by atoms with Crippen molar-refractivity contribution in [2.75, 3.05) is 0 Å². The van der Waals surface area contributed by atoms with E-state index in [0.29, 0.717) is 11.3 Å². The van der Waals surface area contributed by atoms with Gasteiger partial charge in [-0.1, -0.05) is 0 Å². The van der Waals surface area contributed by atoms with E-state index in [1.165, 1.54) is 6.07 Å². The second-order valence-corrected chi connectivity index (χ2v) is 4.03. The van der Waals surface area contributed by atoms with Crippen LogP contribution in [0.3, 0.4) is 0 Å². The van der Waals surface area contributed by atoms with Gasteiger partial charge in [-0.25, -0.2) is 0 Å². The molecule has 0 saturated carbocycles. The highest BCUT2D eigenvalue weighted by Gasteiger charge is 2.13. The monoisotopic (exact) mass is 276 g/mol. The van der Waals surface area contributed by atoms with E-state index in [4.69, 9.17) is 4.74 Å². The summed E-state index contributed by atoms with van der Waals surface area (Å²) in [6.07, 6.45) is 4.82. The lowest BCUT2D eigenvalue weighted by molar-refractivity contribution is -0.0509. The molecule has 6 heteroatoms. The standard InChI is InChI=1S/C14H10F2N2O2/c15-14(16)20-13-8-11-9(1-6-18-11)7-12(13)19-10-2-4-17-5-3-10/h1-8,14,18H. The van der Waals surface area contributed by atoms with Crippen LogP contribution in [0.2, 0.25) is 0 Å². The third-order valence-corrected chi connectivity index (χ3v) is 2.71. The number of alkyl halides is 2. The molecule has 0 amide bonds. The first kappa shape index (κ1) is 12.4. The Kier molecular flexibility index (Phi) is 3.20. The zero-order valence-electron chi connectivity index (χ0n) is 10.2. The van der Waals surface area contributed by atoms with Crippen LogP contribution in [0.5, 0.6) is 17.2 Å². The van der Waals surface area contributed by atoms with E-state index in [0.717, 1.165) is 5.39 Å². The molecular weight excluding hydrogens is 266 g/mol. The highest BCUT2D eigenvalue weighted by molar-refractivity contribution is 5.83. The molecule has 0 unspecified atom stereocenters. The molecule has 4 nitrogen and oxygen atoms in total. The van der Waals surface area contributed by atoms with Gasteiger partial charge in [-0.15, -0.1) is 0 Å². The van der Waals surface area contributed by atoms with E-state index < -0.39 is 6.61 Å². The molecule has 2 aromatic heterocycles. The van der Waals surface area contributed by atoms with Crippen molar-refractivity contribution in [3.8, 4) is 17.2 Å². The molecule has 0 fully saturated rings. The first-order valence-corrected chi connectivity index (χ1v) is 5.86. The van der Waals surface area contributed by atoms with Gasteiger partial charge < -0.3 is 14.5 Å². The molecule has 3 aromatic rings. The van der Waals surface area contributed by atoms with Gasteiger partial charge in [-0.05, 0) is 24.3 Å². The third-order valence-electron chi connectivity index (χ3n) is 2.71. The molecule has 2 heterocycles. The Morgan fingerprint density at radius 3 is 2.60 bits per heavy atom. The first-order chi connectivity index (χ1) is 9.72. The fourth-order valence-corrected chi connectivity index (χ4v) is 1.86. The molecule has 1 aromatic carbocycles. The van der Waals surface area contributed by atoms with Gasteiger partial charge in [0.25, 0.3) is 0 Å². The molecule has 0 aliphatic heterocycles. The predicted molar refractivity (Wildman–Crippen MR) is 69.2 cm³/mol. The van der Waals surface area contributed by atoms with Crippen LogP contribution in [-0.2, 0) is 0 Å². The van der Waals surface area contributed by atoms with Gasteiger partial charge in [-0.3, -0.25) is 4.98 Å². The molecular formula is C14H10F2N2O2. The molecule has 3 rings (SSSR count). The lowest BCUT2D eigenvalue weighted by Crippen LogP contribution is -2.03. The molecule has 102 valence electrons. The fraction of sp³-hybridized carbons (Fsp3) is 0.0714. The lowest BCUT2D eigenvalue weighted by Gasteiger charge is -2.12. The molecule has 1 N–H and O–H groups in total. The van der Waals surface area contributed by atoms with Crippen LogP contribution >= 0.6 is 0 Å². The Bertz CT molecular complexity index is 714. The minimum Gasteiger partial charge on any atom is -0.453 e. The SMILES string of the molecule is FC(F)Oc1cc2[nH]ccc2cc1Oc1ccncc1. The normalized spacial score (nSPS) is 10.9. The summed E-state index contributed by atoms with van der Waals surface area (Å²) >= 11 is 0. The lowest BCUT2D eigenvalue weighted by atomic mass is 10.2. The topological polar surface area (TPSA) is 47.1 Å². The zero-order valence-corrected chi connectivity index (χ0v) is 10.2. The Morgan fingerprint density at radius 2 is 1.85 bits per heavy atom. The maximum absolute atomic E-state index is 12.5. The third kappa shape index (κ3) is 2.54. The molecule has 0 atom stereocenters. The summed E-state index contributed by atoms with van der Waals surface area (Å²) in [6, 6.07) is 8.21. The molecule has 20 heavy (non-hydrogen) atoms. The van der Waals surface area contributed by atoms with Crippen LogP contribution in [0, 0.1) is 0 Å². The highest BCUT2D eigenvalue weighted by atomic mass is 19.3. The Balaban J connectivity index is 2.02. The Hall–Kier alpha value is -2.63. The van der Waals surface area contributed by atoms with Crippen molar-refractivity contribution < 1.29 is 18.3 Å². The van der Waals surface area contributed by atoms with Crippen molar-refractivity contribution in [2.45, 2.75) is 6.61 Å². The fourth-order valence-electron chi connectivity index (χ4n) is 1.86. The number of halogens is 2. The molecule has 0 bridgehead atoms. The van der Waals surface area contributed by atoms with Crippen molar-refractivity contribution in [1.82, 2.24) is 9.97 Å². The summed E-state index contributed by atoms with van der Waals surface area (Å²) in [6.45, 7) is -2.91. The summed E-state index contributed by atoms with van der Waals surface area (Å²) in [5.74, 6) is 0.698. The van der Waals surface area contributed by atoms with Crippen molar-refractivity contribution >= 4 is 10.9 Å². The summed E-state index contributed by atoms with van der Waals surface area (Å²) < 4.78 is 35.0. The van der Waals surface area contributed by atoms with Crippen molar-refractivity contribution in [3.05, 3.63) is 48.9 Å². The van der Waals surface area contributed by atoms with Crippen molar-refractivity contribution in [1.29, 1.82) is 0 Å². The van der Waals surface area contributed by atoms with Crippen molar-refractivity contribution in [2.24, 2.45) is 0 Å². The number of benzene rings is 1. The highest BCUT2D eigenvalue weighted by Crippen LogP contribution is 2.36. The van der Waals surface area contributed by atoms with Gasteiger partial charge in [0.15, 0.2) is 11.5 Å². The van der Waals surface area contributed by atoms with E-state index >= 15 is 0 Å². The quantitative estimate of drug-likeness (QED) is 0.784. The van der Waals surface area contributed by atoms with Crippen LogP contribution in [0.1, 0.15) is 0 Å². The maximum atomic E-state index is 12.5. The van der Waals surface area contributed by atoms with Crippen LogP contribution in [0.15, 0.2) is 48.9 Å². The number of aromatic nitrogens is 2. The summed E-state index contributed by atoms with van der Waals surface area (Å²) in [5.41, 5.74) is 0.697. The number of nitrogens with one attached hydrogen (secondary N) is 1. The second-order valence-electron chi connectivity index (χ2n) is 4.03. The van der Waals surface area contributed by atoms with Gasteiger partial charge in [0.2, 0.25) is 0 Å². The van der Waals surface area contributed by atoms with Gasteiger partial charge in [0, 0.05) is 35.6 Å². The van der Waals surface area contributed by atoms with Gasteiger partial charge >= 0.3 is 6.61 Å². The number of ether oxygens (including phenoxy) is 2. The molecule has 0 spiro atoms. The van der Waals surface area contributed by atoms with Crippen LogP contribution in [0.25, 0.3) is 10.9 Å². The largest absolute Gasteiger partial charge is 0.453 e. The summed E-state index contributed by atoms with van der Waals surface area (Å²) in [4.78, 5) is 6.80. The number of hydrogen-bond donors (Lipinski definition) is 1. The van der Waals surface area contributed by atoms with Crippen molar-refractivity contribution in [3.63, 3.8) is 0 Å². The first-order valence-electron chi connectivity index (χ1n) is 5.86. The maximum Gasteiger partial charge on any atom is 0.387 e. The van der Waals surface area contributed by atoms with E-state index in [1.807, 2.05) is 6.07 Å². The van der Waals surface area contributed by atoms with Gasteiger partial charge in [-0.2, -0.15) is 8.78 Å². The van der Waals surface area contributed by atoms with Crippen LogP contribution in [0.4, 0.5) is 8.78 Å². The number of aromatic amines is 1. The van der Waals surface area contributed by atoms with E-state index in [1.54, 1.807) is 36.8 Å². The molecule has 0 radical (unpaired) electrons.